The molecule has 0 radical (unpaired) electrons. The number of amides is 1. The van der Waals surface area contributed by atoms with Gasteiger partial charge in [0.2, 0.25) is 5.91 Å². The lowest BCUT2D eigenvalue weighted by atomic mass is 10.0. The molecule has 0 aromatic heterocycles. The third kappa shape index (κ3) is 7.54. The zero-order valence-corrected chi connectivity index (χ0v) is 8.68. The summed E-state index contributed by atoms with van der Waals surface area (Å²) in [5.74, 6) is -0.134. The van der Waals surface area contributed by atoms with Gasteiger partial charge >= 0.3 is 0 Å². The van der Waals surface area contributed by atoms with Gasteiger partial charge in [0.25, 0.3) is 0 Å². The van der Waals surface area contributed by atoms with Crippen molar-refractivity contribution in [3.63, 3.8) is 0 Å². The van der Waals surface area contributed by atoms with Crippen LogP contribution in [0.2, 0.25) is 0 Å². The summed E-state index contributed by atoms with van der Waals surface area (Å²) in [5, 5.41) is 2.98. The fraction of sp³-hybridized carbons (Fsp3) is 0.889. The van der Waals surface area contributed by atoms with Gasteiger partial charge in [-0.3, -0.25) is 4.79 Å². The van der Waals surface area contributed by atoms with E-state index >= 15 is 0 Å². The van der Waals surface area contributed by atoms with Crippen LogP contribution in [0.25, 0.3) is 0 Å². The van der Waals surface area contributed by atoms with Gasteiger partial charge in [-0.25, -0.2) is 0 Å². The summed E-state index contributed by atoms with van der Waals surface area (Å²) in [7, 11) is 1.87. The van der Waals surface area contributed by atoms with Crippen LogP contribution < -0.4 is 11.1 Å². The number of nitrogens with two attached hydrogens (primary N) is 1. The fourth-order valence-corrected chi connectivity index (χ4v) is 0.866. The molecular weight excluding hydrogens is 152 g/mol. The molecular formula is C9H22N2O. The van der Waals surface area contributed by atoms with Gasteiger partial charge in [-0.1, -0.05) is 20.8 Å². The molecule has 3 nitrogen and oxygen atoms in total. The standard InChI is InChI=1S/C7H16N2O.C2H6/c1-3-6(7(8)10)4-5-9-2;1-2/h6,9H,3-5H2,1-2H3,(H2,8,10);1-2H3. The van der Waals surface area contributed by atoms with Crippen molar-refractivity contribution in [1.29, 1.82) is 0 Å². The summed E-state index contributed by atoms with van der Waals surface area (Å²) in [6.45, 7) is 6.84. The van der Waals surface area contributed by atoms with Crippen LogP contribution in [0.5, 0.6) is 0 Å². The van der Waals surface area contributed by atoms with Crippen molar-refractivity contribution in [2.75, 3.05) is 13.6 Å². The average molecular weight is 174 g/mol. The molecule has 1 atom stereocenters. The van der Waals surface area contributed by atoms with Gasteiger partial charge in [0.1, 0.15) is 0 Å². The molecule has 0 aromatic carbocycles. The summed E-state index contributed by atoms with van der Waals surface area (Å²) in [6.07, 6.45) is 1.69. The first-order chi connectivity index (χ1) is 5.72. The smallest absolute Gasteiger partial charge is 0.220 e. The number of primary amides is 1. The average Bonchev–Trinajstić information content (AvgIpc) is 2.09. The third-order valence-corrected chi connectivity index (χ3v) is 1.64. The van der Waals surface area contributed by atoms with Crippen LogP contribution in [-0.4, -0.2) is 19.5 Å². The third-order valence-electron chi connectivity index (χ3n) is 1.64. The van der Waals surface area contributed by atoms with Crippen molar-refractivity contribution in [2.24, 2.45) is 11.7 Å². The number of hydrogen-bond acceptors (Lipinski definition) is 2. The topological polar surface area (TPSA) is 55.1 Å². The van der Waals surface area contributed by atoms with E-state index < -0.39 is 0 Å². The fourth-order valence-electron chi connectivity index (χ4n) is 0.866. The van der Waals surface area contributed by atoms with Crippen LogP contribution in [0.4, 0.5) is 0 Å². The Morgan fingerprint density at radius 1 is 1.50 bits per heavy atom. The highest BCUT2D eigenvalue weighted by molar-refractivity contribution is 5.76. The highest BCUT2D eigenvalue weighted by Crippen LogP contribution is 2.04. The molecule has 0 bridgehead atoms. The van der Waals surface area contributed by atoms with Crippen LogP contribution in [0.3, 0.4) is 0 Å². The van der Waals surface area contributed by atoms with Crippen LogP contribution in [0.1, 0.15) is 33.6 Å². The predicted octanol–water partition coefficient (Wildman–Crippen LogP) is 1.13. The molecule has 0 fully saturated rings. The summed E-state index contributed by atoms with van der Waals surface area (Å²) in [4.78, 5) is 10.6. The van der Waals surface area contributed by atoms with E-state index in [4.69, 9.17) is 5.73 Å². The molecule has 0 heterocycles. The number of carbonyl (C=O) groups is 1. The summed E-state index contributed by atoms with van der Waals surface area (Å²) in [6, 6.07) is 0. The maximum absolute atomic E-state index is 10.6. The Bertz CT molecular complexity index is 105. The molecule has 0 spiro atoms. The molecule has 0 aliphatic carbocycles. The first-order valence-electron chi connectivity index (χ1n) is 4.66. The Kier molecular flexibility index (Phi) is 12.2. The largest absolute Gasteiger partial charge is 0.369 e. The van der Waals surface area contributed by atoms with Gasteiger partial charge < -0.3 is 11.1 Å². The van der Waals surface area contributed by atoms with E-state index in [-0.39, 0.29) is 11.8 Å². The van der Waals surface area contributed by atoms with Crippen molar-refractivity contribution in [2.45, 2.75) is 33.6 Å². The van der Waals surface area contributed by atoms with Crippen molar-refractivity contribution >= 4 is 5.91 Å². The van der Waals surface area contributed by atoms with E-state index in [0.717, 1.165) is 19.4 Å². The first kappa shape index (κ1) is 14.0. The normalized spacial score (nSPS) is 11.3. The molecule has 1 amide bonds. The van der Waals surface area contributed by atoms with E-state index in [1.807, 2.05) is 27.8 Å². The lowest BCUT2D eigenvalue weighted by molar-refractivity contribution is -0.122. The number of hydrogen-bond donors (Lipinski definition) is 2. The second-order valence-electron chi connectivity index (χ2n) is 2.40. The minimum atomic E-state index is -0.183. The minimum absolute atomic E-state index is 0.0486. The molecule has 0 aliphatic heterocycles. The molecule has 3 heteroatoms. The van der Waals surface area contributed by atoms with Gasteiger partial charge in [-0.15, -0.1) is 0 Å². The van der Waals surface area contributed by atoms with Crippen LogP contribution in [-0.2, 0) is 4.79 Å². The Morgan fingerprint density at radius 3 is 2.25 bits per heavy atom. The summed E-state index contributed by atoms with van der Waals surface area (Å²) < 4.78 is 0. The maximum Gasteiger partial charge on any atom is 0.220 e. The van der Waals surface area contributed by atoms with E-state index in [9.17, 15) is 4.79 Å². The highest BCUT2D eigenvalue weighted by atomic mass is 16.1. The lowest BCUT2D eigenvalue weighted by Gasteiger charge is -2.08. The Labute approximate surface area is 75.7 Å². The maximum atomic E-state index is 10.6. The lowest BCUT2D eigenvalue weighted by Crippen LogP contribution is -2.25. The SMILES string of the molecule is CC.CCC(CCNC)C(N)=O. The van der Waals surface area contributed by atoms with E-state index in [1.165, 1.54) is 0 Å². The molecule has 0 saturated carbocycles. The molecule has 74 valence electrons. The molecule has 3 N–H and O–H groups in total. The summed E-state index contributed by atoms with van der Waals surface area (Å²) >= 11 is 0. The van der Waals surface area contributed by atoms with Crippen molar-refractivity contribution in [3.8, 4) is 0 Å². The van der Waals surface area contributed by atoms with Crippen molar-refractivity contribution in [1.82, 2.24) is 5.32 Å². The van der Waals surface area contributed by atoms with Gasteiger partial charge in [0.05, 0.1) is 0 Å². The molecule has 0 aliphatic rings. The second-order valence-corrected chi connectivity index (χ2v) is 2.40. The highest BCUT2D eigenvalue weighted by Gasteiger charge is 2.10. The summed E-state index contributed by atoms with van der Waals surface area (Å²) in [5.41, 5.74) is 5.12. The monoisotopic (exact) mass is 174 g/mol. The van der Waals surface area contributed by atoms with Crippen molar-refractivity contribution in [3.05, 3.63) is 0 Å². The Hall–Kier alpha value is -0.570. The van der Waals surface area contributed by atoms with Crippen LogP contribution >= 0.6 is 0 Å². The first-order valence-corrected chi connectivity index (χ1v) is 4.66. The molecule has 1 unspecified atom stereocenters. The van der Waals surface area contributed by atoms with Crippen LogP contribution in [0.15, 0.2) is 0 Å². The van der Waals surface area contributed by atoms with Crippen molar-refractivity contribution < 1.29 is 4.79 Å². The molecule has 0 rings (SSSR count). The zero-order valence-electron chi connectivity index (χ0n) is 8.68. The van der Waals surface area contributed by atoms with Gasteiger partial charge in [0, 0.05) is 5.92 Å². The molecule has 0 aromatic rings. The molecule has 12 heavy (non-hydrogen) atoms. The molecule has 0 saturated heterocycles. The van der Waals surface area contributed by atoms with E-state index in [2.05, 4.69) is 5.32 Å². The van der Waals surface area contributed by atoms with Gasteiger partial charge in [-0.2, -0.15) is 0 Å². The van der Waals surface area contributed by atoms with Gasteiger partial charge in [-0.05, 0) is 26.4 Å². The quantitative estimate of drug-likeness (QED) is 0.656. The van der Waals surface area contributed by atoms with Gasteiger partial charge in [0.15, 0.2) is 0 Å². The predicted molar refractivity (Wildman–Crippen MR) is 52.9 cm³/mol. The Balaban J connectivity index is 0. The number of rotatable bonds is 5. The second kappa shape index (κ2) is 10.4. The minimum Gasteiger partial charge on any atom is -0.369 e. The van der Waals surface area contributed by atoms with Crippen LogP contribution in [0, 0.1) is 5.92 Å². The number of carbonyl (C=O) groups excluding carboxylic acids is 1. The Morgan fingerprint density at radius 2 is 2.00 bits per heavy atom. The van der Waals surface area contributed by atoms with E-state index in [1.54, 1.807) is 0 Å². The number of nitrogens with one attached hydrogen (secondary N) is 1. The van der Waals surface area contributed by atoms with E-state index in [0.29, 0.717) is 0 Å². The zero-order chi connectivity index (χ0) is 9.98.